The highest BCUT2D eigenvalue weighted by Gasteiger charge is 1.96. The highest BCUT2D eigenvalue weighted by Crippen LogP contribution is 2.16. The molecule has 0 saturated heterocycles. The van der Waals surface area contributed by atoms with Crippen molar-refractivity contribution in [3.05, 3.63) is 53.6 Å². The van der Waals surface area contributed by atoms with Crippen LogP contribution in [0.3, 0.4) is 0 Å². The van der Waals surface area contributed by atoms with Crippen LogP contribution in [0.25, 0.3) is 5.57 Å². The van der Waals surface area contributed by atoms with Crippen LogP contribution in [0, 0.1) is 0 Å². The molecule has 0 aliphatic heterocycles. The van der Waals surface area contributed by atoms with Gasteiger partial charge in [0.1, 0.15) is 0 Å². The molecule has 1 heteroatoms. The maximum Gasteiger partial charge on any atom is 0.0681 e. The Morgan fingerprint density at radius 3 is 2.06 bits per heavy atom. The molecule has 0 fully saturated rings. The van der Waals surface area contributed by atoms with Gasteiger partial charge in [-0.2, -0.15) is 0 Å². The highest BCUT2D eigenvalue weighted by molar-refractivity contribution is 5.73. The molecule has 88 valence electrons. The summed E-state index contributed by atoms with van der Waals surface area (Å²) in [7, 11) is 0. The maximum absolute atomic E-state index is 8.90. The minimum atomic E-state index is 0.106. The Hall–Kier alpha value is -1.34. The normalized spacial score (nSPS) is 11.2. The minimum absolute atomic E-state index is 0.106. The molecular formula is C15H22O. The summed E-state index contributed by atoms with van der Waals surface area (Å²) in [6.07, 6.45) is 6.18. The van der Waals surface area contributed by atoms with E-state index in [1.54, 1.807) is 0 Å². The molecule has 1 aromatic rings. The molecule has 0 aliphatic rings. The standard InChI is InChI=1S/C13H16O.C2H6/c1-3-5-12(4-2)13-8-6-11(10-14)7-9-13;1-2/h3-9,14H,10H2,1-2H3;1-2H3/b5-3-,12-4+;. The minimum Gasteiger partial charge on any atom is -0.392 e. The van der Waals surface area contributed by atoms with Crippen molar-refractivity contribution in [3.8, 4) is 0 Å². The van der Waals surface area contributed by atoms with Crippen molar-refractivity contribution < 1.29 is 5.11 Å². The molecule has 0 aromatic heterocycles. The lowest BCUT2D eigenvalue weighted by atomic mass is 10.0. The van der Waals surface area contributed by atoms with Crippen molar-refractivity contribution in [1.82, 2.24) is 0 Å². The molecule has 0 atom stereocenters. The lowest BCUT2D eigenvalue weighted by Crippen LogP contribution is -1.84. The summed E-state index contributed by atoms with van der Waals surface area (Å²) in [6.45, 7) is 8.13. The third-order valence-corrected chi connectivity index (χ3v) is 2.13. The molecule has 1 aromatic carbocycles. The van der Waals surface area contributed by atoms with Gasteiger partial charge >= 0.3 is 0 Å². The Morgan fingerprint density at radius 2 is 1.69 bits per heavy atom. The predicted octanol–water partition coefficient (Wildman–Crippen LogP) is 4.18. The molecule has 0 radical (unpaired) electrons. The van der Waals surface area contributed by atoms with Crippen LogP contribution in [0.1, 0.15) is 38.8 Å². The molecule has 0 spiro atoms. The molecule has 1 rings (SSSR count). The van der Waals surface area contributed by atoms with Gasteiger partial charge in [-0.25, -0.2) is 0 Å². The molecule has 1 N–H and O–H groups in total. The Labute approximate surface area is 99.1 Å². The summed E-state index contributed by atoms with van der Waals surface area (Å²) in [5.41, 5.74) is 3.34. The summed E-state index contributed by atoms with van der Waals surface area (Å²) in [5.74, 6) is 0. The van der Waals surface area contributed by atoms with Crippen LogP contribution in [0.4, 0.5) is 0 Å². The smallest absolute Gasteiger partial charge is 0.0681 e. The van der Waals surface area contributed by atoms with E-state index in [0.717, 1.165) is 5.56 Å². The SMILES string of the molecule is C/C=C\C(=C/C)c1ccc(CO)cc1.CC. The quantitative estimate of drug-likeness (QED) is 0.754. The van der Waals surface area contributed by atoms with Gasteiger partial charge in [0.25, 0.3) is 0 Å². The van der Waals surface area contributed by atoms with E-state index >= 15 is 0 Å². The molecule has 0 amide bonds. The lowest BCUT2D eigenvalue weighted by Gasteiger charge is -2.02. The van der Waals surface area contributed by atoms with E-state index in [-0.39, 0.29) is 6.61 Å². The van der Waals surface area contributed by atoms with Gasteiger partial charge in [0.05, 0.1) is 6.61 Å². The zero-order valence-corrected chi connectivity index (χ0v) is 10.7. The second kappa shape index (κ2) is 8.93. The van der Waals surface area contributed by atoms with Gasteiger partial charge in [-0.05, 0) is 30.5 Å². The number of rotatable bonds is 3. The fraction of sp³-hybridized carbons (Fsp3) is 0.333. The molecule has 0 heterocycles. The van der Waals surface area contributed by atoms with Crippen LogP contribution in [0.2, 0.25) is 0 Å². The van der Waals surface area contributed by atoms with Gasteiger partial charge in [0.2, 0.25) is 0 Å². The summed E-state index contributed by atoms with van der Waals surface area (Å²) < 4.78 is 0. The second-order valence-electron chi connectivity index (χ2n) is 3.10. The van der Waals surface area contributed by atoms with Crippen LogP contribution in [-0.4, -0.2) is 5.11 Å². The van der Waals surface area contributed by atoms with Crippen molar-refractivity contribution in [2.75, 3.05) is 0 Å². The topological polar surface area (TPSA) is 20.2 Å². The summed E-state index contributed by atoms with van der Waals surface area (Å²) in [5, 5.41) is 8.90. The average Bonchev–Trinajstić information content (AvgIpc) is 2.38. The summed E-state index contributed by atoms with van der Waals surface area (Å²) in [4.78, 5) is 0. The third-order valence-electron chi connectivity index (χ3n) is 2.13. The first kappa shape index (κ1) is 14.7. The first-order valence-corrected chi connectivity index (χ1v) is 5.81. The van der Waals surface area contributed by atoms with E-state index in [1.165, 1.54) is 11.1 Å². The number of allylic oxidation sites excluding steroid dienone is 4. The third kappa shape index (κ3) is 4.45. The number of hydrogen-bond donors (Lipinski definition) is 1. The highest BCUT2D eigenvalue weighted by atomic mass is 16.3. The Morgan fingerprint density at radius 1 is 1.12 bits per heavy atom. The van der Waals surface area contributed by atoms with Gasteiger partial charge in [0, 0.05) is 0 Å². The Balaban J connectivity index is 0.00000106. The van der Waals surface area contributed by atoms with Crippen molar-refractivity contribution >= 4 is 5.57 Å². The number of hydrogen-bond acceptors (Lipinski definition) is 1. The first-order valence-electron chi connectivity index (χ1n) is 5.81. The molecule has 1 nitrogen and oxygen atoms in total. The molecular weight excluding hydrogens is 196 g/mol. The molecule has 0 aliphatic carbocycles. The Bertz CT molecular complexity index is 331. The van der Waals surface area contributed by atoms with Gasteiger partial charge in [-0.1, -0.05) is 56.3 Å². The van der Waals surface area contributed by atoms with Crippen molar-refractivity contribution in [2.45, 2.75) is 34.3 Å². The van der Waals surface area contributed by atoms with Crippen LogP contribution in [0.5, 0.6) is 0 Å². The molecule has 16 heavy (non-hydrogen) atoms. The first-order chi connectivity index (χ1) is 7.81. The van der Waals surface area contributed by atoms with Crippen molar-refractivity contribution in [2.24, 2.45) is 0 Å². The lowest BCUT2D eigenvalue weighted by molar-refractivity contribution is 0.282. The maximum atomic E-state index is 8.90. The second-order valence-corrected chi connectivity index (χ2v) is 3.10. The monoisotopic (exact) mass is 218 g/mol. The van der Waals surface area contributed by atoms with Crippen LogP contribution in [0.15, 0.2) is 42.5 Å². The van der Waals surface area contributed by atoms with Crippen LogP contribution < -0.4 is 0 Å². The van der Waals surface area contributed by atoms with Gasteiger partial charge < -0.3 is 5.11 Å². The number of aliphatic hydroxyl groups is 1. The van der Waals surface area contributed by atoms with E-state index in [4.69, 9.17) is 5.11 Å². The van der Waals surface area contributed by atoms with Crippen molar-refractivity contribution in [3.63, 3.8) is 0 Å². The largest absolute Gasteiger partial charge is 0.392 e. The molecule has 0 bridgehead atoms. The van der Waals surface area contributed by atoms with E-state index in [9.17, 15) is 0 Å². The predicted molar refractivity (Wildman–Crippen MR) is 72.2 cm³/mol. The molecule has 0 saturated carbocycles. The van der Waals surface area contributed by atoms with E-state index in [2.05, 4.69) is 12.2 Å². The van der Waals surface area contributed by atoms with Crippen LogP contribution >= 0.6 is 0 Å². The zero-order valence-electron chi connectivity index (χ0n) is 10.7. The summed E-state index contributed by atoms with van der Waals surface area (Å²) in [6, 6.07) is 7.95. The average molecular weight is 218 g/mol. The zero-order chi connectivity index (χ0) is 12.4. The van der Waals surface area contributed by atoms with Crippen molar-refractivity contribution in [1.29, 1.82) is 0 Å². The van der Waals surface area contributed by atoms with E-state index < -0.39 is 0 Å². The van der Waals surface area contributed by atoms with Gasteiger partial charge in [-0.15, -0.1) is 0 Å². The molecule has 0 unspecified atom stereocenters. The fourth-order valence-electron chi connectivity index (χ4n) is 1.34. The van der Waals surface area contributed by atoms with Gasteiger partial charge in [-0.3, -0.25) is 0 Å². The number of aliphatic hydroxyl groups excluding tert-OH is 1. The fourth-order valence-corrected chi connectivity index (χ4v) is 1.34. The van der Waals surface area contributed by atoms with Crippen LogP contribution in [-0.2, 0) is 6.61 Å². The van der Waals surface area contributed by atoms with Gasteiger partial charge in [0.15, 0.2) is 0 Å². The Kier molecular flexibility index (Phi) is 8.18. The van der Waals surface area contributed by atoms with E-state index in [0.29, 0.717) is 0 Å². The number of benzene rings is 1. The van der Waals surface area contributed by atoms with E-state index in [1.807, 2.05) is 58.0 Å². The summed E-state index contributed by atoms with van der Waals surface area (Å²) >= 11 is 0.